The van der Waals surface area contributed by atoms with E-state index in [0.717, 1.165) is 37.5 Å². The van der Waals surface area contributed by atoms with E-state index in [9.17, 15) is 18.4 Å². The van der Waals surface area contributed by atoms with Gasteiger partial charge in [-0.3, -0.25) is 4.65 Å². The predicted molar refractivity (Wildman–Crippen MR) is 79.0 cm³/mol. The third-order valence-corrected chi connectivity index (χ3v) is 5.07. The van der Waals surface area contributed by atoms with Crippen molar-refractivity contribution in [2.45, 2.75) is 38.1 Å². The van der Waals surface area contributed by atoms with Gasteiger partial charge in [0.25, 0.3) is 0 Å². The Hall–Kier alpha value is -1.73. The molecule has 2 unspecified atom stereocenters. The van der Waals surface area contributed by atoms with Crippen molar-refractivity contribution in [2.24, 2.45) is 0 Å². The van der Waals surface area contributed by atoms with Crippen LogP contribution in [0.4, 0.5) is 13.2 Å². The highest BCUT2D eigenvalue weighted by Gasteiger charge is 2.48. The molecule has 0 spiro atoms. The van der Waals surface area contributed by atoms with Gasteiger partial charge in [0.15, 0.2) is 0 Å². The highest BCUT2D eigenvalue weighted by atomic mass is 19.4. The summed E-state index contributed by atoms with van der Waals surface area (Å²) in [5, 5.41) is 16.6. The molecule has 3 heterocycles. The summed E-state index contributed by atoms with van der Waals surface area (Å²) >= 11 is 0. The molecule has 0 saturated carbocycles. The third kappa shape index (κ3) is 2.30. The summed E-state index contributed by atoms with van der Waals surface area (Å²) in [6.45, 7) is 0.0422. The largest absolute Gasteiger partial charge is 0.624 e. The molecule has 0 amide bonds. The van der Waals surface area contributed by atoms with Crippen LogP contribution in [0.5, 0.6) is 0 Å². The van der Waals surface area contributed by atoms with Crippen molar-refractivity contribution in [1.29, 1.82) is 0 Å². The van der Waals surface area contributed by atoms with Crippen molar-refractivity contribution in [1.82, 2.24) is 10.2 Å². The highest BCUT2D eigenvalue weighted by Crippen LogP contribution is 2.40. The number of hydrogen-bond donors (Lipinski definition) is 1. The number of alkyl halides is 3. The van der Waals surface area contributed by atoms with E-state index >= 15 is 0 Å². The number of hydrogen-bond acceptors (Lipinski definition) is 3. The number of nitrogens with zero attached hydrogens (tertiary/aromatic N) is 2. The molecule has 1 aliphatic carbocycles. The Balaban J connectivity index is 1.70. The molecule has 0 aromatic carbocycles. The van der Waals surface area contributed by atoms with Crippen LogP contribution >= 0.6 is 0 Å². The number of halogens is 3. The first-order chi connectivity index (χ1) is 10.9. The zero-order chi connectivity index (χ0) is 16.2. The Morgan fingerprint density at radius 2 is 2.00 bits per heavy atom. The smallest absolute Gasteiger partial charge is 0.418 e. The number of hydroxylamine groups is 3. The lowest BCUT2D eigenvalue weighted by molar-refractivity contribution is -0.880. The number of allylic oxidation sites excluding steroid dienone is 4. The maximum absolute atomic E-state index is 13.4. The second-order valence-corrected chi connectivity index (χ2v) is 6.53. The van der Waals surface area contributed by atoms with Gasteiger partial charge >= 0.3 is 6.18 Å². The summed E-state index contributed by atoms with van der Waals surface area (Å²) < 4.78 is 38.1. The minimum absolute atomic E-state index is 0.367. The van der Waals surface area contributed by atoms with Gasteiger partial charge in [-0.15, -0.1) is 0 Å². The van der Waals surface area contributed by atoms with Crippen LogP contribution in [0.3, 0.4) is 0 Å². The fourth-order valence-corrected chi connectivity index (χ4v) is 3.82. The van der Waals surface area contributed by atoms with Gasteiger partial charge in [0.2, 0.25) is 6.29 Å². The van der Waals surface area contributed by atoms with Crippen LogP contribution in [-0.4, -0.2) is 35.1 Å². The first kappa shape index (κ1) is 14.8. The summed E-state index contributed by atoms with van der Waals surface area (Å²) in [7, 11) is 0. The second-order valence-electron chi connectivity index (χ2n) is 6.53. The molecule has 0 bridgehead atoms. The SMILES string of the molecule is [O-][N+]12CC(C(F)(F)F)=CC=C1C=CN1CC3=C(CCCC3)NC12. The lowest BCUT2D eigenvalue weighted by Crippen LogP contribution is -2.67. The molecule has 0 aromatic heterocycles. The zero-order valence-electron chi connectivity index (χ0n) is 12.6. The molecule has 0 radical (unpaired) electrons. The average molecular weight is 325 g/mol. The molecule has 4 aliphatic rings. The average Bonchev–Trinajstić information content (AvgIpc) is 2.51. The fourth-order valence-electron chi connectivity index (χ4n) is 3.82. The normalized spacial score (nSPS) is 33.2. The van der Waals surface area contributed by atoms with Gasteiger partial charge in [-0.1, -0.05) is 0 Å². The maximum Gasteiger partial charge on any atom is 0.418 e. The molecule has 0 aromatic rings. The van der Waals surface area contributed by atoms with Gasteiger partial charge in [-0.05, 0) is 37.3 Å². The van der Waals surface area contributed by atoms with Gasteiger partial charge in [-0.25, -0.2) is 0 Å². The summed E-state index contributed by atoms with van der Waals surface area (Å²) in [6.07, 6.45) is 4.68. The van der Waals surface area contributed by atoms with E-state index in [1.807, 2.05) is 11.1 Å². The molecule has 0 saturated heterocycles. The Morgan fingerprint density at radius 3 is 2.78 bits per heavy atom. The molecule has 1 N–H and O–H groups in total. The minimum atomic E-state index is -4.46. The summed E-state index contributed by atoms with van der Waals surface area (Å²) in [5.41, 5.74) is 1.94. The first-order valence-electron chi connectivity index (χ1n) is 7.87. The van der Waals surface area contributed by atoms with E-state index in [0.29, 0.717) is 12.2 Å². The van der Waals surface area contributed by atoms with Crippen LogP contribution in [0.1, 0.15) is 25.7 Å². The quantitative estimate of drug-likeness (QED) is 0.549. The molecule has 3 aliphatic heterocycles. The lowest BCUT2D eigenvalue weighted by atomic mass is 9.93. The Labute approximate surface area is 132 Å². The molecule has 7 heteroatoms. The maximum atomic E-state index is 13.4. The Bertz CT molecular complexity index is 662. The number of rotatable bonds is 0. The van der Waals surface area contributed by atoms with E-state index < -0.39 is 29.2 Å². The molecule has 4 nitrogen and oxygen atoms in total. The van der Waals surface area contributed by atoms with Crippen molar-refractivity contribution in [2.75, 3.05) is 13.1 Å². The van der Waals surface area contributed by atoms with Gasteiger partial charge in [0.1, 0.15) is 12.2 Å². The summed E-state index contributed by atoms with van der Waals surface area (Å²) in [5.74, 6) is 0. The molecule has 2 atom stereocenters. The zero-order valence-corrected chi connectivity index (χ0v) is 12.6. The van der Waals surface area contributed by atoms with Crippen molar-refractivity contribution >= 4 is 0 Å². The van der Waals surface area contributed by atoms with Crippen molar-refractivity contribution in [3.8, 4) is 0 Å². The molecular weight excluding hydrogens is 307 g/mol. The number of quaternary nitrogens is 1. The fraction of sp³-hybridized carbons (Fsp3) is 0.500. The molecule has 23 heavy (non-hydrogen) atoms. The molecular formula is C16H18F3N3O. The van der Waals surface area contributed by atoms with Gasteiger partial charge < -0.3 is 15.4 Å². The first-order valence-corrected chi connectivity index (χ1v) is 7.87. The second kappa shape index (κ2) is 4.88. The van der Waals surface area contributed by atoms with Crippen LogP contribution in [0, 0.1) is 5.21 Å². The minimum Gasteiger partial charge on any atom is -0.624 e. The third-order valence-electron chi connectivity index (χ3n) is 5.07. The summed E-state index contributed by atoms with van der Waals surface area (Å²) in [4.78, 5) is 1.84. The van der Waals surface area contributed by atoms with Crippen LogP contribution in [0.15, 0.2) is 47.0 Å². The van der Waals surface area contributed by atoms with Crippen molar-refractivity contribution in [3.05, 3.63) is 52.2 Å². The van der Waals surface area contributed by atoms with Gasteiger partial charge in [-0.2, -0.15) is 13.2 Å². The lowest BCUT2D eigenvalue weighted by Gasteiger charge is -2.57. The Kier molecular flexibility index (Phi) is 3.15. The monoisotopic (exact) mass is 325 g/mol. The number of nitrogens with one attached hydrogen (secondary N) is 1. The van der Waals surface area contributed by atoms with E-state index in [4.69, 9.17) is 0 Å². The highest BCUT2D eigenvalue weighted by molar-refractivity contribution is 5.32. The van der Waals surface area contributed by atoms with E-state index in [2.05, 4.69) is 5.32 Å². The van der Waals surface area contributed by atoms with E-state index in [1.165, 1.54) is 11.6 Å². The number of fused-ring (bicyclic) bond motifs is 3. The van der Waals surface area contributed by atoms with Crippen LogP contribution in [-0.2, 0) is 0 Å². The summed E-state index contributed by atoms with van der Waals surface area (Å²) in [6, 6.07) is 0. The van der Waals surface area contributed by atoms with Gasteiger partial charge in [0.05, 0.1) is 5.57 Å². The predicted octanol–water partition coefficient (Wildman–Crippen LogP) is 3.23. The molecule has 4 rings (SSSR count). The molecule has 124 valence electrons. The van der Waals surface area contributed by atoms with Crippen molar-refractivity contribution < 1.29 is 17.8 Å². The topological polar surface area (TPSA) is 38.3 Å². The van der Waals surface area contributed by atoms with E-state index in [-0.39, 0.29) is 0 Å². The molecule has 0 fully saturated rings. The van der Waals surface area contributed by atoms with E-state index in [1.54, 1.807) is 6.08 Å². The van der Waals surface area contributed by atoms with Gasteiger partial charge in [0, 0.05) is 30.6 Å². The standard InChI is InChI=1S/C16H18F3N3O/c17-16(18,19)12-5-6-13-7-8-21-9-11-3-1-2-4-14(11)20-15(21)22(13,23)10-12/h5-8,15,20H,1-4,9-10H2. The van der Waals surface area contributed by atoms with Crippen LogP contribution < -0.4 is 5.32 Å². The van der Waals surface area contributed by atoms with Crippen LogP contribution in [0.2, 0.25) is 0 Å². The Morgan fingerprint density at radius 1 is 1.22 bits per heavy atom. The van der Waals surface area contributed by atoms with Crippen LogP contribution in [0.25, 0.3) is 0 Å². The van der Waals surface area contributed by atoms with Crippen molar-refractivity contribution in [3.63, 3.8) is 0 Å².